The molecule has 1 aliphatic heterocycles. The molecule has 1 aromatic carbocycles. The number of hydrogen-bond donors (Lipinski definition) is 1. The summed E-state index contributed by atoms with van der Waals surface area (Å²) in [5.74, 6) is -0.907. The number of aryl methyl sites for hydroxylation is 1. The molecular weight excluding hydrogens is 262 g/mol. The number of nitrogens with zero attached hydrogens (tertiary/aromatic N) is 1. The van der Waals surface area contributed by atoms with Crippen molar-refractivity contribution >= 4 is 17.7 Å². The Balaban J connectivity index is 2.24. The van der Waals surface area contributed by atoms with E-state index in [1.165, 1.54) is 49.4 Å². The number of aliphatic carboxylic acids is 1. The number of hydrogen-bond acceptors (Lipinski definition) is 2. The lowest BCUT2D eigenvalue weighted by Crippen LogP contribution is -2.34. The highest BCUT2D eigenvalue weighted by molar-refractivity contribution is 5.85. The lowest BCUT2D eigenvalue weighted by molar-refractivity contribution is -0.131. The number of carboxylic acid groups (broad SMARTS) is 1. The molecule has 21 heavy (non-hydrogen) atoms. The Morgan fingerprint density at radius 3 is 2.86 bits per heavy atom. The predicted octanol–water partition coefficient (Wildman–Crippen LogP) is 4.25. The molecule has 1 aliphatic rings. The molecule has 1 aromatic rings. The van der Waals surface area contributed by atoms with Gasteiger partial charge >= 0.3 is 5.97 Å². The van der Waals surface area contributed by atoms with E-state index in [9.17, 15) is 4.79 Å². The first kappa shape index (κ1) is 15.6. The SMILES string of the molecule is CCC1CCCCCN1c1ccc(/C=C/C(=O)O)cc1C. The summed E-state index contributed by atoms with van der Waals surface area (Å²) in [4.78, 5) is 13.1. The van der Waals surface area contributed by atoms with Gasteiger partial charge in [-0.3, -0.25) is 0 Å². The topological polar surface area (TPSA) is 40.5 Å². The molecule has 1 unspecified atom stereocenters. The largest absolute Gasteiger partial charge is 0.478 e. The average Bonchev–Trinajstić information content (AvgIpc) is 2.70. The fourth-order valence-electron chi connectivity index (χ4n) is 3.19. The minimum absolute atomic E-state index is 0.631. The zero-order valence-corrected chi connectivity index (χ0v) is 13.0. The van der Waals surface area contributed by atoms with E-state index in [0.717, 1.165) is 12.1 Å². The number of rotatable bonds is 4. The molecular formula is C18H25NO2. The van der Waals surface area contributed by atoms with Crippen LogP contribution in [0.5, 0.6) is 0 Å². The van der Waals surface area contributed by atoms with Crippen molar-refractivity contribution in [2.75, 3.05) is 11.4 Å². The van der Waals surface area contributed by atoms with Gasteiger partial charge in [0.05, 0.1) is 0 Å². The van der Waals surface area contributed by atoms with Gasteiger partial charge in [0.25, 0.3) is 0 Å². The Labute approximate surface area is 127 Å². The first-order valence-electron chi connectivity index (χ1n) is 7.90. The van der Waals surface area contributed by atoms with Crippen LogP contribution in [-0.2, 0) is 4.79 Å². The summed E-state index contributed by atoms with van der Waals surface area (Å²) in [5, 5.41) is 8.71. The van der Waals surface area contributed by atoms with E-state index in [-0.39, 0.29) is 0 Å². The van der Waals surface area contributed by atoms with Crippen LogP contribution < -0.4 is 4.90 Å². The van der Waals surface area contributed by atoms with Crippen LogP contribution in [0.1, 0.15) is 50.2 Å². The first-order chi connectivity index (χ1) is 10.1. The summed E-state index contributed by atoms with van der Waals surface area (Å²) in [6.07, 6.45) is 9.21. The lowest BCUT2D eigenvalue weighted by Gasteiger charge is -2.33. The average molecular weight is 287 g/mol. The molecule has 0 spiro atoms. The second-order valence-corrected chi connectivity index (χ2v) is 5.82. The van der Waals surface area contributed by atoms with E-state index in [1.54, 1.807) is 6.08 Å². The molecule has 2 rings (SSSR count). The number of carboxylic acids is 1. The normalized spacial score (nSPS) is 19.7. The fourth-order valence-corrected chi connectivity index (χ4v) is 3.19. The van der Waals surface area contributed by atoms with Gasteiger partial charge in [0.15, 0.2) is 0 Å². The highest BCUT2D eigenvalue weighted by Gasteiger charge is 2.20. The zero-order chi connectivity index (χ0) is 15.2. The van der Waals surface area contributed by atoms with E-state index in [1.807, 2.05) is 6.07 Å². The molecule has 1 fully saturated rings. The second-order valence-electron chi connectivity index (χ2n) is 5.82. The Hall–Kier alpha value is -1.77. The summed E-state index contributed by atoms with van der Waals surface area (Å²) < 4.78 is 0. The van der Waals surface area contributed by atoms with Crippen molar-refractivity contribution in [1.82, 2.24) is 0 Å². The molecule has 3 heteroatoms. The third-order valence-corrected chi connectivity index (χ3v) is 4.30. The molecule has 1 saturated heterocycles. The summed E-state index contributed by atoms with van der Waals surface area (Å²) in [6.45, 7) is 5.51. The first-order valence-corrected chi connectivity index (χ1v) is 7.90. The van der Waals surface area contributed by atoms with Crippen molar-refractivity contribution in [2.45, 2.75) is 52.0 Å². The van der Waals surface area contributed by atoms with Crippen LogP contribution in [-0.4, -0.2) is 23.7 Å². The summed E-state index contributed by atoms with van der Waals surface area (Å²) in [6, 6.07) is 6.86. The zero-order valence-electron chi connectivity index (χ0n) is 13.0. The molecule has 114 valence electrons. The molecule has 0 aromatic heterocycles. The highest BCUT2D eigenvalue weighted by atomic mass is 16.4. The van der Waals surface area contributed by atoms with Crippen LogP contribution in [0.3, 0.4) is 0 Å². The molecule has 0 saturated carbocycles. The Morgan fingerprint density at radius 1 is 1.38 bits per heavy atom. The van der Waals surface area contributed by atoms with Gasteiger partial charge in [-0.1, -0.05) is 25.8 Å². The highest BCUT2D eigenvalue weighted by Crippen LogP contribution is 2.29. The van der Waals surface area contributed by atoms with Crippen molar-refractivity contribution in [2.24, 2.45) is 0 Å². The molecule has 3 nitrogen and oxygen atoms in total. The van der Waals surface area contributed by atoms with E-state index in [0.29, 0.717) is 6.04 Å². The van der Waals surface area contributed by atoms with Gasteiger partial charge in [-0.25, -0.2) is 4.79 Å². The van der Waals surface area contributed by atoms with Gasteiger partial charge < -0.3 is 10.0 Å². The van der Waals surface area contributed by atoms with Gasteiger partial charge in [-0.2, -0.15) is 0 Å². The summed E-state index contributed by atoms with van der Waals surface area (Å²) >= 11 is 0. The molecule has 0 radical (unpaired) electrons. The molecule has 1 heterocycles. The van der Waals surface area contributed by atoms with Crippen LogP contribution in [0.2, 0.25) is 0 Å². The molecule has 1 atom stereocenters. The van der Waals surface area contributed by atoms with Crippen molar-refractivity contribution in [3.05, 3.63) is 35.4 Å². The maximum Gasteiger partial charge on any atom is 0.328 e. The van der Waals surface area contributed by atoms with E-state index in [2.05, 4.69) is 30.9 Å². The number of benzene rings is 1. The third kappa shape index (κ3) is 4.10. The van der Waals surface area contributed by atoms with Crippen molar-refractivity contribution < 1.29 is 9.90 Å². The van der Waals surface area contributed by atoms with Gasteiger partial charge in [0, 0.05) is 24.4 Å². The third-order valence-electron chi connectivity index (χ3n) is 4.30. The van der Waals surface area contributed by atoms with Crippen LogP contribution in [0.25, 0.3) is 6.08 Å². The van der Waals surface area contributed by atoms with E-state index >= 15 is 0 Å². The van der Waals surface area contributed by atoms with Crippen molar-refractivity contribution in [3.8, 4) is 0 Å². The fraction of sp³-hybridized carbons (Fsp3) is 0.500. The quantitative estimate of drug-likeness (QED) is 0.841. The molecule has 0 amide bonds. The minimum atomic E-state index is -0.907. The monoisotopic (exact) mass is 287 g/mol. The van der Waals surface area contributed by atoms with Crippen LogP contribution >= 0.6 is 0 Å². The van der Waals surface area contributed by atoms with Gasteiger partial charge in [-0.15, -0.1) is 0 Å². The molecule has 0 aliphatic carbocycles. The van der Waals surface area contributed by atoms with Gasteiger partial charge in [0.2, 0.25) is 0 Å². The smallest absolute Gasteiger partial charge is 0.328 e. The summed E-state index contributed by atoms with van der Waals surface area (Å²) in [5.41, 5.74) is 3.47. The number of anilines is 1. The Kier molecular flexibility index (Phi) is 5.43. The maximum absolute atomic E-state index is 10.6. The standard InChI is InChI=1S/C18H25NO2/c1-3-16-7-5-4-6-12-19(16)17-10-8-15(13-14(17)2)9-11-18(20)21/h8-11,13,16H,3-7,12H2,1-2H3,(H,20,21)/b11-9+. The van der Waals surface area contributed by atoms with E-state index in [4.69, 9.17) is 5.11 Å². The lowest BCUT2D eigenvalue weighted by atomic mass is 10.0. The molecule has 1 N–H and O–H groups in total. The van der Waals surface area contributed by atoms with Gasteiger partial charge in [0.1, 0.15) is 0 Å². The summed E-state index contributed by atoms with van der Waals surface area (Å²) in [7, 11) is 0. The Morgan fingerprint density at radius 2 is 2.19 bits per heavy atom. The van der Waals surface area contributed by atoms with Gasteiger partial charge in [-0.05, 0) is 55.5 Å². The molecule has 0 bridgehead atoms. The predicted molar refractivity (Wildman–Crippen MR) is 87.7 cm³/mol. The van der Waals surface area contributed by atoms with Crippen molar-refractivity contribution in [1.29, 1.82) is 0 Å². The second kappa shape index (κ2) is 7.30. The van der Waals surface area contributed by atoms with E-state index < -0.39 is 5.97 Å². The maximum atomic E-state index is 10.6. The Bertz CT molecular complexity index is 522. The van der Waals surface area contributed by atoms with Crippen LogP contribution in [0.4, 0.5) is 5.69 Å². The van der Waals surface area contributed by atoms with Crippen LogP contribution in [0.15, 0.2) is 24.3 Å². The minimum Gasteiger partial charge on any atom is -0.478 e. The van der Waals surface area contributed by atoms with Crippen molar-refractivity contribution in [3.63, 3.8) is 0 Å². The van der Waals surface area contributed by atoms with Crippen LogP contribution in [0, 0.1) is 6.92 Å². The number of carbonyl (C=O) groups is 1.